The van der Waals surface area contributed by atoms with Crippen molar-refractivity contribution in [1.82, 2.24) is 4.90 Å². The summed E-state index contributed by atoms with van der Waals surface area (Å²) >= 11 is 5.95. The van der Waals surface area contributed by atoms with Crippen LogP contribution in [0.2, 0.25) is 5.02 Å². The molecule has 0 N–H and O–H groups in total. The number of hydrogen-bond donors (Lipinski definition) is 0. The van der Waals surface area contributed by atoms with Crippen LogP contribution in [-0.2, 0) is 11.3 Å². The van der Waals surface area contributed by atoms with Crippen molar-refractivity contribution in [2.45, 2.75) is 20.4 Å². The molecule has 0 radical (unpaired) electrons. The summed E-state index contributed by atoms with van der Waals surface area (Å²) in [5.41, 5.74) is 1.35. The van der Waals surface area contributed by atoms with E-state index in [2.05, 4.69) is 13.8 Å². The maximum Gasteiger partial charge on any atom is 0.226 e. The molecule has 1 aliphatic carbocycles. The maximum absolute atomic E-state index is 12.1. The van der Waals surface area contributed by atoms with Crippen LogP contribution in [0.4, 0.5) is 0 Å². The first-order chi connectivity index (χ1) is 8.00. The molecule has 2 unspecified atom stereocenters. The fourth-order valence-corrected chi connectivity index (χ4v) is 3.31. The third kappa shape index (κ3) is 1.66. The zero-order valence-corrected chi connectivity index (χ0v) is 10.9. The third-order valence-electron chi connectivity index (χ3n) is 4.31. The Morgan fingerprint density at radius 1 is 1.47 bits per heavy atom. The Morgan fingerprint density at radius 2 is 2.24 bits per heavy atom. The number of piperidine rings is 1. The summed E-state index contributed by atoms with van der Waals surface area (Å²) in [6.45, 7) is 5.99. The van der Waals surface area contributed by atoms with Crippen molar-refractivity contribution in [2.24, 2.45) is 17.3 Å². The Labute approximate surface area is 107 Å². The van der Waals surface area contributed by atoms with E-state index in [4.69, 9.17) is 11.6 Å². The number of halogens is 1. The van der Waals surface area contributed by atoms with E-state index in [-0.39, 0.29) is 11.3 Å². The van der Waals surface area contributed by atoms with Crippen molar-refractivity contribution in [3.05, 3.63) is 34.9 Å². The first kappa shape index (κ1) is 11.1. The molecule has 3 rings (SSSR count). The monoisotopic (exact) mass is 249 g/mol. The number of benzene rings is 1. The van der Waals surface area contributed by atoms with Gasteiger partial charge in [-0.25, -0.2) is 0 Å². The highest BCUT2D eigenvalue weighted by Crippen LogP contribution is 2.62. The van der Waals surface area contributed by atoms with Crippen molar-refractivity contribution in [2.75, 3.05) is 6.54 Å². The topological polar surface area (TPSA) is 20.3 Å². The molecule has 0 bridgehead atoms. The van der Waals surface area contributed by atoms with Crippen molar-refractivity contribution >= 4 is 17.5 Å². The molecular formula is C14H16ClNO. The predicted octanol–water partition coefficient (Wildman–Crippen LogP) is 2.95. The van der Waals surface area contributed by atoms with E-state index in [0.29, 0.717) is 18.4 Å². The molecule has 1 aliphatic heterocycles. The highest BCUT2D eigenvalue weighted by molar-refractivity contribution is 6.30. The van der Waals surface area contributed by atoms with Gasteiger partial charge in [0.15, 0.2) is 0 Å². The van der Waals surface area contributed by atoms with Gasteiger partial charge in [-0.1, -0.05) is 37.6 Å². The molecule has 2 nitrogen and oxygen atoms in total. The molecular weight excluding hydrogens is 234 g/mol. The lowest BCUT2D eigenvalue weighted by atomic mass is 10.1. The predicted molar refractivity (Wildman–Crippen MR) is 67.6 cm³/mol. The molecule has 0 aromatic heterocycles. The molecule has 1 amide bonds. The van der Waals surface area contributed by atoms with E-state index in [9.17, 15) is 4.79 Å². The second-order valence-electron chi connectivity index (χ2n) is 5.75. The van der Waals surface area contributed by atoms with Crippen LogP contribution < -0.4 is 0 Å². The molecule has 2 fully saturated rings. The second-order valence-corrected chi connectivity index (χ2v) is 6.19. The third-order valence-corrected chi connectivity index (χ3v) is 4.54. The summed E-state index contributed by atoms with van der Waals surface area (Å²) in [6.07, 6.45) is 0. The minimum atomic E-state index is 0.238. The van der Waals surface area contributed by atoms with Gasteiger partial charge in [0.25, 0.3) is 0 Å². The van der Waals surface area contributed by atoms with Gasteiger partial charge in [0.1, 0.15) is 0 Å². The van der Waals surface area contributed by atoms with Crippen LogP contribution in [0.25, 0.3) is 0 Å². The number of rotatable bonds is 2. The highest BCUT2D eigenvalue weighted by Gasteiger charge is 2.67. The van der Waals surface area contributed by atoms with Crippen LogP contribution in [0.5, 0.6) is 0 Å². The lowest BCUT2D eigenvalue weighted by Crippen LogP contribution is -2.31. The maximum atomic E-state index is 12.1. The quantitative estimate of drug-likeness (QED) is 0.789. The first-order valence-corrected chi connectivity index (χ1v) is 6.41. The fraction of sp³-hybridized carbons (Fsp3) is 0.500. The van der Waals surface area contributed by atoms with Crippen LogP contribution in [0, 0.1) is 17.3 Å². The Morgan fingerprint density at radius 3 is 2.82 bits per heavy atom. The van der Waals surface area contributed by atoms with Gasteiger partial charge < -0.3 is 4.90 Å². The summed E-state index contributed by atoms with van der Waals surface area (Å²) in [5.74, 6) is 1.15. The standard InChI is InChI=1S/C14H16ClNO/c1-14(2)11-8-16(13(17)12(11)14)7-9-4-3-5-10(15)6-9/h3-6,11-12H,7-8H2,1-2H3. The first-order valence-electron chi connectivity index (χ1n) is 6.03. The van der Waals surface area contributed by atoms with E-state index in [1.165, 1.54) is 0 Å². The van der Waals surface area contributed by atoms with Crippen molar-refractivity contribution < 1.29 is 4.79 Å². The van der Waals surface area contributed by atoms with Crippen molar-refractivity contribution in [1.29, 1.82) is 0 Å². The number of carbonyl (C=O) groups is 1. The summed E-state index contributed by atoms with van der Waals surface area (Å²) < 4.78 is 0. The largest absolute Gasteiger partial charge is 0.338 e. The molecule has 1 saturated carbocycles. The van der Waals surface area contributed by atoms with Crippen LogP contribution in [0.1, 0.15) is 19.4 Å². The molecule has 1 aromatic carbocycles. The molecule has 2 aliphatic rings. The van der Waals surface area contributed by atoms with E-state index in [1.807, 2.05) is 29.2 Å². The molecule has 17 heavy (non-hydrogen) atoms. The summed E-state index contributed by atoms with van der Waals surface area (Å²) in [7, 11) is 0. The zero-order chi connectivity index (χ0) is 12.2. The van der Waals surface area contributed by atoms with E-state index in [1.54, 1.807) is 0 Å². The van der Waals surface area contributed by atoms with Crippen LogP contribution in [0.15, 0.2) is 24.3 Å². The molecule has 3 heteroatoms. The zero-order valence-electron chi connectivity index (χ0n) is 10.1. The van der Waals surface area contributed by atoms with Crippen LogP contribution >= 0.6 is 11.6 Å². The average molecular weight is 250 g/mol. The van der Waals surface area contributed by atoms with Gasteiger partial charge in [0.05, 0.1) is 0 Å². The van der Waals surface area contributed by atoms with Gasteiger partial charge in [-0.2, -0.15) is 0 Å². The van der Waals surface area contributed by atoms with Gasteiger partial charge in [-0.05, 0) is 29.0 Å². The fourth-order valence-electron chi connectivity index (χ4n) is 3.10. The van der Waals surface area contributed by atoms with Crippen molar-refractivity contribution in [3.8, 4) is 0 Å². The summed E-state index contributed by atoms with van der Waals surface area (Å²) in [6, 6.07) is 7.75. The highest BCUT2D eigenvalue weighted by atomic mass is 35.5. The average Bonchev–Trinajstić information content (AvgIpc) is 2.61. The van der Waals surface area contributed by atoms with E-state index in [0.717, 1.165) is 17.1 Å². The normalized spacial score (nSPS) is 29.4. The Hall–Kier alpha value is -1.02. The smallest absolute Gasteiger partial charge is 0.226 e. The Bertz CT molecular complexity index is 483. The summed E-state index contributed by atoms with van der Waals surface area (Å²) in [5, 5.41) is 0.736. The number of fused-ring (bicyclic) bond motifs is 1. The molecule has 1 saturated heterocycles. The van der Waals surface area contributed by atoms with Gasteiger partial charge in [0.2, 0.25) is 5.91 Å². The van der Waals surface area contributed by atoms with Gasteiger partial charge in [-0.3, -0.25) is 4.79 Å². The number of nitrogens with zero attached hydrogens (tertiary/aromatic N) is 1. The van der Waals surface area contributed by atoms with Crippen molar-refractivity contribution in [3.63, 3.8) is 0 Å². The van der Waals surface area contributed by atoms with Crippen LogP contribution in [0.3, 0.4) is 0 Å². The Balaban J connectivity index is 1.71. The van der Waals surface area contributed by atoms with Gasteiger partial charge >= 0.3 is 0 Å². The SMILES string of the molecule is CC1(C)C2CN(Cc3cccc(Cl)c3)C(=O)C21. The molecule has 2 atom stereocenters. The summed E-state index contributed by atoms with van der Waals surface area (Å²) in [4.78, 5) is 14.1. The lowest BCUT2D eigenvalue weighted by Gasteiger charge is -2.22. The number of likely N-dealkylation sites (tertiary alicyclic amines) is 1. The molecule has 0 spiro atoms. The molecule has 90 valence electrons. The van der Waals surface area contributed by atoms with Gasteiger partial charge in [-0.15, -0.1) is 0 Å². The molecule has 1 heterocycles. The minimum absolute atomic E-state index is 0.238. The number of carbonyl (C=O) groups excluding carboxylic acids is 1. The number of hydrogen-bond acceptors (Lipinski definition) is 1. The van der Waals surface area contributed by atoms with E-state index < -0.39 is 0 Å². The lowest BCUT2D eigenvalue weighted by molar-refractivity contribution is -0.131. The van der Waals surface area contributed by atoms with Crippen LogP contribution in [-0.4, -0.2) is 17.4 Å². The molecule has 1 aromatic rings. The number of amides is 1. The van der Waals surface area contributed by atoms with E-state index >= 15 is 0 Å². The van der Waals surface area contributed by atoms with Gasteiger partial charge in [0, 0.05) is 24.0 Å². The second kappa shape index (κ2) is 3.49. The minimum Gasteiger partial charge on any atom is -0.338 e. The Kier molecular flexibility index (Phi) is 2.27.